The molecule has 1 aromatic carbocycles. The highest BCUT2D eigenvalue weighted by Crippen LogP contribution is 2.29. The Morgan fingerprint density at radius 2 is 1.91 bits per heavy atom. The fourth-order valence-corrected chi connectivity index (χ4v) is 3.80. The summed E-state index contributed by atoms with van der Waals surface area (Å²) in [6.45, 7) is 3.35. The van der Waals surface area contributed by atoms with E-state index in [4.69, 9.17) is 9.47 Å². The van der Waals surface area contributed by atoms with Crippen LogP contribution in [0.15, 0.2) is 24.3 Å². The van der Waals surface area contributed by atoms with Gasteiger partial charge in [0.1, 0.15) is 11.9 Å². The number of halogens is 1. The van der Waals surface area contributed by atoms with Gasteiger partial charge in [0.05, 0.1) is 24.2 Å². The summed E-state index contributed by atoms with van der Waals surface area (Å²) in [5, 5.41) is 2.58. The fourth-order valence-electron chi connectivity index (χ4n) is 3.80. The number of nitrogens with zero attached hydrogens (tertiary/aromatic N) is 3. The van der Waals surface area contributed by atoms with Crippen LogP contribution in [0.2, 0.25) is 0 Å². The maximum atomic E-state index is 14.9. The van der Waals surface area contributed by atoms with Crippen molar-refractivity contribution in [3.63, 3.8) is 0 Å². The average molecular weight is 491 g/mol. The third-order valence-electron chi connectivity index (χ3n) is 5.73. The second-order valence-electron chi connectivity index (χ2n) is 8.71. The fraction of sp³-hybridized carbons (Fsp3) is 0.500. The number of carbonyl (C=O) groups is 4. The van der Waals surface area contributed by atoms with Crippen LogP contribution >= 0.6 is 0 Å². The van der Waals surface area contributed by atoms with E-state index in [9.17, 15) is 23.6 Å². The number of ether oxygens (including phenoxy) is 2. The van der Waals surface area contributed by atoms with Crippen LogP contribution < -0.4 is 10.2 Å². The van der Waals surface area contributed by atoms with Gasteiger partial charge in [-0.05, 0) is 37.9 Å². The van der Waals surface area contributed by atoms with Crippen LogP contribution in [-0.2, 0) is 28.7 Å². The minimum Gasteiger partial charge on any atom is -0.456 e. The number of amides is 2. The lowest BCUT2D eigenvalue weighted by Gasteiger charge is -2.36. The van der Waals surface area contributed by atoms with Gasteiger partial charge in [-0.3, -0.25) is 14.4 Å². The minimum absolute atomic E-state index is 0.156. The average Bonchev–Trinajstić information content (AvgIpc) is 3.20. The van der Waals surface area contributed by atoms with Crippen molar-refractivity contribution in [2.24, 2.45) is 0 Å². The zero-order valence-electron chi connectivity index (χ0n) is 20.2. The second-order valence-corrected chi connectivity index (χ2v) is 8.71. The van der Waals surface area contributed by atoms with Gasteiger partial charge in [-0.1, -0.05) is 6.07 Å². The highest BCUT2D eigenvalue weighted by Gasteiger charge is 2.28. The molecule has 10 nitrogen and oxygen atoms in total. The first-order valence-corrected chi connectivity index (χ1v) is 11.4. The Labute approximate surface area is 203 Å². The number of hydrogen-bond donors (Lipinski definition) is 1. The molecule has 2 heterocycles. The second kappa shape index (κ2) is 11.8. The SMILES string of the molecule is CC(=O)NC[C@H]1C=C(c2ccc(N3CCN(C(=O)COC(=O)CCN(C)C)CC3)c(F)c2)C(=O)O1. The van der Waals surface area contributed by atoms with E-state index in [1.54, 1.807) is 23.1 Å². The molecule has 0 radical (unpaired) electrons. The summed E-state index contributed by atoms with van der Waals surface area (Å²) >= 11 is 0. The predicted molar refractivity (Wildman–Crippen MR) is 126 cm³/mol. The molecule has 0 aliphatic carbocycles. The van der Waals surface area contributed by atoms with E-state index in [1.165, 1.54) is 13.0 Å². The maximum Gasteiger partial charge on any atom is 0.339 e. The molecule has 0 bridgehead atoms. The molecule has 2 aliphatic rings. The summed E-state index contributed by atoms with van der Waals surface area (Å²) in [6, 6.07) is 4.54. The molecule has 1 aromatic rings. The molecule has 11 heteroatoms. The lowest BCUT2D eigenvalue weighted by molar-refractivity contribution is -0.152. The van der Waals surface area contributed by atoms with Crippen LogP contribution in [0.5, 0.6) is 0 Å². The third kappa shape index (κ3) is 7.25. The van der Waals surface area contributed by atoms with Crippen molar-refractivity contribution < 1.29 is 33.0 Å². The Hall–Kier alpha value is -3.47. The Kier molecular flexibility index (Phi) is 8.80. The van der Waals surface area contributed by atoms with Gasteiger partial charge in [0, 0.05) is 39.6 Å². The third-order valence-corrected chi connectivity index (χ3v) is 5.73. The summed E-state index contributed by atoms with van der Waals surface area (Å²) < 4.78 is 25.2. The van der Waals surface area contributed by atoms with Gasteiger partial charge in [0.15, 0.2) is 6.61 Å². The Balaban J connectivity index is 1.53. The molecule has 35 heavy (non-hydrogen) atoms. The van der Waals surface area contributed by atoms with Gasteiger partial charge < -0.3 is 29.5 Å². The minimum atomic E-state index is -0.595. The molecular formula is C24H31FN4O6. The molecule has 0 saturated carbocycles. The largest absolute Gasteiger partial charge is 0.456 e. The van der Waals surface area contributed by atoms with Crippen molar-refractivity contribution in [3.05, 3.63) is 35.7 Å². The van der Waals surface area contributed by atoms with Crippen LogP contribution in [0, 0.1) is 5.82 Å². The zero-order chi connectivity index (χ0) is 25.5. The molecule has 3 rings (SSSR count). The lowest BCUT2D eigenvalue weighted by Crippen LogP contribution is -2.50. The summed E-state index contributed by atoms with van der Waals surface area (Å²) in [6.07, 6.45) is 1.19. The standard InChI is InChI=1S/C24H31FN4O6/c1-16(30)26-14-18-13-19(24(33)35-18)17-4-5-21(20(25)12-17)28-8-10-29(11-9-28)22(31)15-34-23(32)6-7-27(2)3/h4-5,12-13,18H,6-11,14-15H2,1-3H3,(H,26,30)/t18-/m1/s1. The molecule has 2 amide bonds. The molecule has 190 valence electrons. The normalized spacial score (nSPS) is 17.8. The van der Waals surface area contributed by atoms with Crippen molar-refractivity contribution in [2.75, 3.05) is 64.9 Å². The molecule has 2 aliphatic heterocycles. The predicted octanol–water partition coefficient (Wildman–Crippen LogP) is 0.414. The number of carbonyl (C=O) groups excluding carboxylic acids is 4. The monoisotopic (exact) mass is 490 g/mol. The van der Waals surface area contributed by atoms with E-state index in [2.05, 4.69) is 5.32 Å². The number of esters is 2. The highest BCUT2D eigenvalue weighted by atomic mass is 19.1. The zero-order valence-corrected chi connectivity index (χ0v) is 20.2. The van der Waals surface area contributed by atoms with Crippen molar-refractivity contribution in [2.45, 2.75) is 19.4 Å². The van der Waals surface area contributed by atoms with Gasteiger partial charge in [-0.2, -0.15) is 0 Å². The number of rotatable bonds is 9. The van der Waals surface area contributed by atoms with E-state index in [1.807, 2.05) is 23.9 Å². The van der Waals surface area contributed by atoms with Crippen LogP contribution in [-0.4, -0.2) is 99.6 Å². The van der Waals surface area contributed by atoms with E-state index in [-0.39, 0.29) is 37.0 Å². The lowest BCUT2D eigenvalue weighted by atomic mass is 10.0. The summed E-state index contributed by atoms with van der Waals surface area (Å²) in [5.74, 6) is -1.99. The summed E-state index contributed by atoms with van der Waals surface area (Å²) in [4.78, 5) is 52.6. The first kappa shape index (κ1) is 26.1. The Morgan fingerprint density at radius 1 is 1.20 bits per heavy atom. The molecule has 1 fully saturated rings. The number of benzene rings is 1. The van der Waals surface area contributed by atoms with E-state index in [0.717, 1.165) is 0 Å². The molecule has 0 aromatic heterocycles. The number of cyclic esters (lactones) is 1. The molecule has 1 atom stereocenters. The molecule has 0 unspecified atom stereocenters. The number of piperazine rings is 1. The Bertz CT molecular complexity index is 1000. The van der Waals surface area contributed by atoms with Crippen molar-refractivity contribution >= 4 is 35.0 Å². The first-order chi connectivity index (χ1) is 16.6. The smallest absolute Gasteiger partial charge is 0.339 e. The summed E-state index contributed by atoms with van der Waals surface area (Å²) in [7, 11) is 3.69. The van der Waals surface area contributed by atoms with Crippen LogP contribution in [0.25, 0.3) is 5.57 Å². The van der Waals surface area contributed by atoms with Crippen LogP contribution in [0.3, 0.4) is 0 Å². The van der Waals surface area contributed by atoms with E-state index in [0.29, 0.717) is 44.0 Å². The summed E-state index contributed by atoms with van der Waals surface area (Å²) in [5.41, 5.74) is 1.02. The number of anilines is 1. The van der Waals surface area contributed by atoms with E-state index < -0.39 is 23.9 Å². The maximum absolute atomic E-state index is 14.9. The van der Waals surface area contributed by atoms with Gasteiger partial charge in [0.2, 0.25) is 5.91 Å². The Morgan fingerprint density at radius 3 is 2.54 bits per heavy atom. The van der Waals surface area contributed by atoms with E-state index >= 15 is 0 Å². The number of hydrogen-bond acceptors (Lipinski definition) is 8. The molecule has 0 spiro atoms. The molecule has 1 N–H and O–H groups in total. The van der Waals surface area contributed by atoms with Crippen LogP contribution in [0.4, 0.5) is 10.1 Å². The van der Waals surface area contributed by atoms with Crippen LogP contribution in [0.1, 0.15) is 18.9 Å². The molecular weight excluding hydrogens is 459 g/mol. The quantitative estimate of drug-likeness (QED) is 0.496. The van der Waals surface area contributed by atoms with Gasteiger partial charge >= 0.3 is 11.9 Å². The highest BCUT2D eigenvalue weighted by molar-refractivity contribution is 6.18. The topological polar surface area (TPSA) is 108 Å². The van der Waals surface area contributed by atoms with Gasteiger partial charge in [0.25, 0.3) is 5.91 Å². The molecule has 1 saturated heterocycles. The van der Waals surface area contributed by atoms with Crippen molar-refractivity contribution in [3.8, 4) is 0 Å². The number of nitrogens with one attached hydrogen (secondary N) is 1. The van der Waals surface area contributed by atoms with Crippen molar-refractivity contribution in [1.29, 1.82) is 0 Å². The van der Waals surface area contributed by atoms with Gasteiger partial charge in [-0.15, -0.1) is 0 Å². The first-order valence-electron chi connectivity index (χ1n) is 11.4. The van der Waals surface area contributed by atoms with Gasteiger partial charge in [-0.25, -0.2) is 9.18 Å². The van der Waals surface area contributed by atoms with Crippen molar-refractivity contribution in [1.82, 2.24) is 15.1 Å².